The average Bonchev–Trinajstić information content (AvgIpc) is 3.39. The standard InChI is InChI=1S/C22H24FN3O2S2/c1-24-14-20-25-21(18-9-2-3-10-19(18)23)22(29-20)30(27,28)17-8-6-7-16(13-17)15-26-11-4-5-12-26/h2-3,6-10,13,24H,4-5,11-12,14-15H2,1H3. The Balaban J connectivity index is 1.76. The maximum absolute atomic E-state index is 14.5. The van der Waals surface area contributed by atoms with Crippen LogP contribution >= 0.6 is 11.3 Å². The molecule has 0 aliphatic carbocycles. The first-order valence-corrected chi connectivity index (χ1v) is 12.2. The minimum absolute atomic E-state index is 0.0798. The number of thiazole rings is 1. The van der Waals surface area contributed by atoms with Crippen molar-refractivity contribution in [2.24, 2.45) is 0 Å². The second-order valence-electron chi connectivity index (χ2n) is 7.39. The van der Waals surface area contributed by atoms with Crippen LogP contribution in [-0.4, -0.2) is 38.4 Å². The molecule has 0 unspecified atom stereocenters. The summed E-state index contributed by atoms with van der Waals surface area (Å²) in [7, 11) is -2.08. The Labute approximate surface area is 180 Å². The van der Waals surface area contributed by atoms with Crippen molar-refractivity contribution in [2.75, 3.05) is 20.1 Å². The zero-order chi connectivity index (χ0) is 21.1. The third-order valence-electron chi connectivity index (χ3n) is 5.16. The smallest absolute Gasteiger partial charge is 0.218 e. The zero-order valence-corrected chi connectivity index (χ0v) is 18.4. The van der Waals surface area contributed by atoms with Gasteiger partial charge in [0.15, 0.2) is 4.21 Å². The summed E-state index contributed by atoms with van der Waals surface area (Å²) in [5.41, 5.74) is 1.33. The van der Waals surface area contributed by atoms with E-state index in [1.807, 2.05) is 6.07 Å². The first kappa shape index (κ1) is 21.1. The van der Waals surface area contributed by atoms with Gasteiger partial charge in [-0.2, -0.15) is 0 Å². The van der Waals surface area contributed by atoms with E-state index in [2.05, 4.69) is 15.2 Å². The van der Waals surface area contributed by atoms with Gasteiger partial charge >= 0.3 is 0 Å². The predicted molar refractivity (Wildman–Crippen MR) is 117 cm³/mol. The molecule has 1 aromatic heterocycles. The lowest BCUT2D eigenvalue weighted by Gasteiger charge is -2.15. The van der Waals surface area contributed by atoms with E-state index in [1.165, 1.54) is 18.9 Å². The largest absolute Gasteiger partial charge is 0.314 e. The van der Waals surface area contributed by atoms with Crippen LogP contribution in [0.15, 0.2) is 57.6 Å². The van der Waals surface area contributed by atoms with Gasteiger partial charge in [0, 0.05) is 18.7 Å². The third kappa shape index (κ3) is 4.32. The molecule has 0 saturated carbocycles. The van der Waals surface area contributed by atoms with Crippen molar-refractivity contribution in [1.82, 2.24) is 15.2 Å². The lowest BCUT2D eigenvalue weighted by Crippen LogP contribution is -2.18. The van der Waals surface area contributed by atoms with Gasteiger partial charge in [-0.15, -0.1) is 11.3 Å². The van der Waals surface area contributed by atoms with E-state index in [-0.39, 0.29) is 20.4 Å². The number of benzene rings is 2. The normalized spacial score (nSPS) is 15.0. The Morgan fingerprint density at radius 3 is 2.63 bits per heavy atom. The van der Waals surface area contributed by atoms with E-state index in [0.29, 0.717) is 11.6 Å². The van der Waals surface area contributed by atoms with Crippen LogP contribution in [0.2, 0.25) is 0 Å². The molecular formula is C22H24FN3O2S2. The van der Waals surface area contributed by atoms with E-state index >= 15 is 0 Å². The van der Waals surface area contributed by atoms with Crippen molar-refractivity contribution < 1.29 is 12.8 Å². The van der Waals surface area contributed by atoms with Crippen molar-refractivity contribution in [3.05, 3.63) is 64.9 Å². The molecule has 0 amide bonds. The first-order valence-electron chi connectivity index (χ1n) is 9.94. The fourth-order valence-electron chi connectivity index (χ4n) is 3.70. The zero-order valence-electron chi connectivity index (χ0n) is 16.8. The Hall–Kier alpha value is -2.13. The Bertz CT molecular complexity index is 1140. The average molecular weight is 446 g/mol. The molecule has 158 valence electrons. The highest BCUT2D eigenvalue weighted by Gasteiger charge is 2.28. The van der Waals surface area contributed by atoms with Crippen molar-refractivity contribution in [3.8, 4) is 11.3 Å². The summed E-state index contributed by atoms with van der Waals surface area (Å²) in [6, 6.07) is 13.2. The summed E-state index contributed by atoms with van der Waals surface area (Å²) in [6.45, 7) is 3.22. The highest BCUT2D eigenvalue weighted by atomic mass is 32.2. The summed E-state index contributed by atoms with van der Waals surface area (Å²) in [6.07, 6.45) is 2.36. The van der Waals surface area contributed by atoms with Crippen molar-refractivity contribution in [3.63, 3.8) is 0 Å². The van der Waals surface area contributed by atoms with E-state index in [9.17, 15) is 12.8 Å². The van der Waals surface area contributed by atoms with Crippen LogP contribution in [0.25, 0.3) is 11.3 Å². The molecule has 1 N–H and O–H groups in total. The van der Waals surface area contributed by atoms with Crippen molar-refractivity contribution in [2.45, 2.75) is 35.0 Å². The topological polar surface area (TPSA) is 62.3 Å². The first-order chi connectivity index (χ1) is 14.5. The van der Waals surface area contributed by atoms with Crippen molar-refractivity contribution in [1.29, 1.82) is 0 Å². The van der Waals surface area contributed by atoms with Crippen molar-refractivity contribution >= 4 is 21.2 Å². The summed E-state index contributed by atoms with van der Waals surface area (Å²) in [5.74, 6) is -0.488. The maximum Gasteiger partial charge on any atom is 0.218 e. The molecule has 5 nitrogen and oxygen atoms in total. The van der Waals surface area contributed by atoms with E-state index in [4.69, 9.17) is 0 Å². The molecule has 0 radical (unpaired) electrons. The van der Waals surface area contributed by atoms with Crippen LogP contribution in [-0.2, 0) is 22.9 Å². The number of halogens is 1. The van der Waals surface area contributed by atoms with Crippen LogP contribution in [0.1, 0.15) is 23.4 Å². The second-order valence-corrected chi connectivity index (χ2v) is 10.6. The van der Waals surface area contributed by atoms with Crippen LogP contribution in [0.5, 0.6) is 0 Å². The maximum atomic E-state index is 14.5. The highest BCUT2D eigenvalue weighted by molar-refractivity contribution is 7.93. The minimum atomic E-state index is -3.85. The SMILES string of the molecule is CNCc1nc(-c2ccccc2F)c(S(=O)(=O)c2cccc(CN3CCCC3)c2)s1. The molecule has 2 heterocycles. The number of nitrogens with zero attached hydrogens (tertiary/aromatic N) is 2. The van der Waals surface area contributed by atoms with Crippen LogP contribution in [0.3, 0.4) is 0 Å². The van der Waals surface area contributed by atoms with Gasteiger partial charge in [0.1, 0.15) is 16.5 Å². The van der Waals surface area contributed by atoms with Crippen LogP contribution in [0.4, 0.5) is 4.39 Å². The lowest BCUT2D eigenvalue weighted by molar-refractivity contribution is 0.331. The number of aromatic nitrogens is 1. The molecule has 4 rings (SSSR count). The number of sulfone groups is 1. The number of rotatable bonds is 7. The Morgan fingerprint density at radius 2 is 1.90 bits per heavy atom. The van der Waals surface area contributed by atoms with E-state index in [0.717, 1.165) is 36.5 Å². The summed E-state index contributed by atoms with van der Waals surface area (Å²) >= 11 is 1.09. The number of likely N-dealkylation sites (tertiary alicyclic amines) is 1. The van der Waals surface area contributed by atoms with Crippen LogP contribution < -0.4 is 5.32 Å². The van der Waals surface area contributed by atoms with Gasteiger partial charge < -0.3 is 5.32 Å². The molecule has 1 aliphatic heterocycles. The number of nitrogens with one attached hydrogen (secondary N) is 1. The second kappa shape index (κ2) is 8.93. The molecule has 2 aromatic carbocycles. The van der Waals surface area contributed by atoms with Gasteiger partial charge in [-0.3, -0.25) is 4.90 Å². The monoisotopic (exact) mass is 445 g/mol. The van der Waals surface area contributed by atoms with Gasteiger partial charge in [-0.25, -0.2) is 17.8 Å². The highest BCUT2D eigenvalue weighted by Crippen LogP contribution is 2.37. The number of hydrogen-bond acceptors (Lipinski definition) is 6. The van der Waals surface area contributed by atoms with Gasteiger partial charge in [0.05, 0.1) is 4.90 Å². The summed E-state index contributed by atoms with van der Waals surface area (Å²) in [5, 5.41) is 3.58. The Morgan fingerprint density at radius 1 is 1.13 bits per heavy atom. The molecule has 1 fully saturated rings. The third-order valence-corrected chi connectivity index (χ3v) is 8.47. The lowest BCUT2D eigenvalue weighted by atomic mass is 10.1. The molecular weight excluding hydrogens is 421 g/mol. The molecule has 0 atom stereocenters. The van der Waals surface area contributed by atoms with Gasteiger partial charge in [0.25, 0.3) is 0 Å². The summed E-state index contributed by atoms with van der Waals surface area (Å²) in [4.78, 5) is 7.00. The molecule has 0 spiro atoms. The molecule has 3 aromatic rings. The quantitative estimate of drug-likeness (QED) is 0.593. The molecule has 30 heavy (non-hydrogen) atoms. The number of hydrogen-bond donors (Lipinski definition) is 1. The van der Waals surface area contributed by atoms with Gasteiger partial charge in [0.2, 0.25) is 9.84 Å². The van der Waals surface area contributed by atoms with E-state index < -0.39 is 15.7 Å². The molecule has 8 heteroatoms. The fraction of sp³-hybridized carbons (Fsp3) is 0.318. The van der Waals surface area contributed by atoms with E-state index in [1.54, 1.807) is 43.4 Å². The summed E-state index contributed by atoms with van der Waals surface area (Å²) < 4.78 is 41.7. The minimum Gasteiger partial charge on any atom is -0.314 e. The van der Waals surface area contributed by atoms with Crippen LogP contribution in [0, 0.1) is 5.82 Å². The Kier molecular flexibility index (Phi) is 6.29. The molecule has 1 saturated heterocycles. The molecule has 1 aliphatic rings. The fourth-order valence-corrected chi connectivity index (χ4v) is 6.72. The molecule has 0 bridgehead atoms. The van der Waals surface area contributed by atoms with Gasteiger partial charge in [-0.1, -0.05) is 24.3 Å². The van der Waals surface area contributed by atoms with Gasteiger partial charge in [-0.05, 0) is 62.8 Å². The predicted octanol–water partition coefficient (Wildman–Crippen LogP) is 4.10.